The van der Waals surface area contributed by atoms with Gasteiger partial charge in [0.1, 0.15) is 0 Å². The average molecular weight is 410 g/mol. The van der Waals surface area contributed by atoms with E-state index in [4.69, 9.17) is 0 Å². The number of imidazole rings is 1. The van der Waals surface area contributed by atoms with Gasteiger partial charge in [-0.3, -0.25) is 4.79 Å². The van der Waals surface area contributed by atoms with Crippen molar-refractivity contribution in [1.29, 1.82) is 0 Å². The van der Waals surface area contributed by atoms with Crippen molar-refractivity contribution in [3.05, 3.63) is 39.6 Å². The number of halogens is 1. The third-order valence-electron chi connectivity index (χ3n) is 3.89. The molecule has 6 heteroatoms. The molecule has 0 atom stereocenters. The number of unbranched alkanes of at least 4 members (excludes halogenated alkanes) is 1. The van der Waals surface area contributed by atoms with Crippen molar-refractivity contribution in [3.8, 4) is 0 Å². The zero-order valence-corrected chi connectivity index (χ0v) is 17.1. The van der Waals surface area contributed by atoms with Gasteiger partial charge >= 0.3 is 0 Å². The Hall–Kier alpha value is -1.27. The molecule has 1 N–H and O–H groups in total. The second-order valence-corrected chi connectivity index (χ2v) is 7.69. The van der Waals surface area contributed by atoms with Crippen molar-refractivity contribution in [1.82, 2.24) is 9.55 Å². The van der Waals surface area contributed by atoms with Gasteiger partial charge in [0.25, 0.3) is 0 Å². The number of amides is 1. The third kappa shape index (κ3) is 4.86. The lowest BCUT2D eigenvalue weighted by Crippen LogP contribution is -2.15. The molecule has 0 unspecified atom stereocenters. The highest BCUT2D eigenvalue weighted by Gasteiger charge is 2.13. The van der Waals surface area contributed by atoms with E-state index >= 15 is 0 Å². The molecule has 0 spiro atoms. The Morgan fingerprint density at radius 3 is 2.75 bits per heavy atom. The molecule has 0 saturated carbocycles. The first-order valence-electron chi connectivity index (χ1n) is 8.15. The SMILES string of the molecule is CCCCn1c(SCC(=O)Nc2ccc(C)cc2Br)nc(C)c1C. The Balaban J connectivity index is 2.00. The van der Waals surface area contributed by atoms with Gasteiger partial charge in [-0.1, -0.05) is 31.2 Å². The van der Waals surface area contributed by atoms with Crippen LogP contribution in [0.4, 0.5) is 5.69 Å². The molecule has 1 aromatic heterocycles. The van der Waals surface area contributed by atoms with E-state index in [1.807, 2.05) is 32.0 Å². The molecule has 0 aliphatic carbocycles. The monoisotopic (exact) mass is 409 g/mol. The number of rotatable bonds is 7. The fourth-order valence-electron chi connectivity index (χ4n) is 2.35. The first kappa shape index (κ1) is 19.1. The van der Waals surface area contributed by atoms with Crippen molar-refractivity contribution in [2.45, 2.75) is 52.2 Å². The summed E-state index contributed by atoms with van der Waals surface area (Å²) in [6, 6.07) is 5.89. The number of carbonyl (C=O) groups excluding carboxylic acids is 1. The van der Waals surface area contributed by atoms with E-state index in [1.165, 1.54) is 17.5 Å². The number of hydrogen-bond acceptors (Lipinski definition) is 3. The predicted octanol–water partition coefficient (Wildman–Crippen LogP) is 5.10. The molecule has 0 aliphatic rings. The van der Waals surface area contributed by atoms with Gasteiger partial charge in [0, 0.05) is 16.7 Å². The predicted molar refractivity (Wildman–Crippen MR) is 105 cm³/mol. The van der Waals surface area contributed by atoms with Crippen LogP contribution in [0, 0.1) is 20.8 Å². The number of nitrogens with zero attached hydrogens (tertiary/aromatic N) is 2. The summed E-state index contributed by atoms with van der Waals surface area (Å²) in [5, 5.41) is 3.88. The molecule has 2 aromatic rings. The van der Waals surface area contributed by atoms with E-state index < -0.39 is 0 Å². The minimum absolute atomic E-state index is 0.0232. The van der Waals surface area contributed by atoms with Crippen LogP contribution in [0.25, 0.3) is 0 Å². The van der Waals surface area contributed by atoms with E-state index in [0.29, 0.717) is 5.75 Å². The molecule has 1 aromatic carbocycles. The molecular formula is C18H24BrN3OS. The number of nitrogens with one attached hydrogen (secondary N) is 1. The second-order valence-electron chi connectivity index (χ2n) is 5.89. The van der Waals surface area contributed by atoms with Crippen LogP contribution in [0.5, 0.6) is 0 Å². The number of anilines is 1. The zero-order chi connectivity index (χ0) is 17.7. The maximum Gasteiger partial charge on any atom is 0.234 e. The maximum atomic E-state index is 12.3. The van der Waals surface area contributed by atoms with E-state index in [-0.39, 0.29) is 5.91 Å². The first-order valence-corrected chi connectivity index (χ1v) is 9.92. The summed E-state index contributed by atoms with van der Waals surface area (Å²) in [5.74, 6) is 0.326. The van der Waals surface area contributed by atoms with Gasteiger partial charge in [-0.15, -0.1) is 0 Å². The molecule has 0 aliphatic heterocycles. The van der Waals surface area contributed by atoms with Crippen LogP contribution in [0.15, 0.2) is 27.8 Å². The van der Waals surface area contributed by atoms with Gasteiger partial charge in [-0.2, -0.15) is 0 Å². The lowest BCUT2D eigenvalue weighted by molar-refractivity contribution is -0.113. The molecule has 2 rings (SSSR count). The van der Waals surface area contributed by atoms with E-state index in [2.05, 4.69) is 44.6 Å². The first-order chi connectivity index (χ1) is 11.4. The Bertz CT molecular complexity index is 727. The number of aryl methyl sites for hydroxylation is 2. The minimum atomic E-state index is -0.0232. The summed E-state index contributed by atoms with van der Waals surface area (Å²) >= 11 is 4.98. The molecule has 0 saturated heterocycles. The van der Waals surface area contributed by atoms with Crippen LogP contribution in [0.1, 0.15) is 36.7 Å². The van der Waals surface area contributed by atoms with Gasteiger partial charge < -0.3 is 9.88 Å². The van der Waals surface area contributed by atoms with Crippen LogP contribution in [0.3, 0.4) is 0 Å². The highest BCUT2D eigenvalue weighted by atomic mass is 79.9. The second kappa shape index (κ2) is 8.72. The van der Waals surface area contributed by atoms with Crippen LogP contribution in [-0.2, 0) is 11.3 Å². The van der Waals surface area contributed by atoms with Gasteiger partial charge in [0.05, 0.1) is 17.1 Å². The molecule has 0 fully saturated rings. The molecule has 1 amide bonds. The molecule has 1 heterocycles. The molecule has 130 valence electrons. The Kier molecular flexibility index (Phi) is 6.92. The number of hydrogen-bond donors (Lipinski definition) is 1. The van der Waals surface area contributed by atoms with Crippen LogP contribution in [-0.4, -0.2) is 21.2 Å². The molecule has 0 bridgehead atoms. The van der Waals surface area contributed by atoms with Crippen LogP contribution in [0.2, 0.25) is 0 Å². The lowest BCUT2D eigenvalue weighted by Gasteiger charge is -2.10. The summed E-state index contributed by atoms with van der Waals surface area (Å²) in [6.07, 6.45) is 2.26. The van der Waals surface area contributed by atoms with Crippen molar-refractivity contribution >= 4 is 39.3 Å². The number of aromatic nitrogens is 2. The van der Waals surface area contributed by atoms with Crippen LogP contribution < -0.4 is 5.32 Å². The quantitative estimate of drug-likeness (QED) is 0.646. The van der Waals surface area contributed by atoms with E-state index in [1.54, 1.807) is 0 Å². The lowest BCUT2D eigenvalue weighted by atomic mass is 10.2. The summed E-state index contributed by atoms with van der Waals surface area (Å²) in [6.45, 7) is 9.26. The smallest absolute Gasteiger partial charge is 0.234 e. The minimum Gasteiger partial charge on any atom is -0.324 e. The highest BCUT2D eigenvalue weighted by molar-refractivity contribution is 9.10. The fraction of sp³-hybridized carbons (Fsp3) is 0.444. The topological polar surface area (TPSA) is 46.9 Å². The Morgan fingerprint density at radius 1 is 1.33 bits per heavy atom. The Labute approximate surface area is 156 Å². The van der Waals surface area contributed by atoms with Crippen LogP contribution >= 0.6 is 27.7 Å². The number of thioether (sulfide) groups is 1. The van der Waals surface area contributed by atoms with Crippen molar-refractivity contribution in [3.63, 3.8) is 0 Å². The molecular weight excluding hydrogens is 386 g/mol. The van der Waals surface area contributed by atoms with Gasteiger partial charge in [0.15, 0.2) is 5.16 Å². The number of carbonyl (C=O) groups is 1. The average Bonchev–Trinajstić information content (AvgIpc) is 2.80. The number of benzene rings is 1. The van der Waals surface area contributed by atoms with Crippen molar-refractivity contribution < 1.29 is 4.79 Å². The fourth-order valence-corrected chi connectivity index (χ4v) is 3.86. The van der Waals surface area contributed by atoms with E-state index in [9.17, 15) is 4.79 Å². The van der Waals surface area contributed by atoms with Gasteiger partial charge in [-0.05, 0) is 60.8 Å². The van der Waals surface area contributed by atoms with Crippen molar-refractivity contribution in [2.24, 2.45) is 0 Å². The van der Waals surface area contributed by atoms with Gasteiger partial charge in [0.2, 0.25) is 5.91 Å². The highest BCUT2D eigenvalue weighted by Crippen LogP contribution is 2.25. The third-order valence-corrected chi connectivity index (χ3v) is 5.52. The maximum absolute atomic E-state index is 12.3. The summed E-state index contributed by atoms with van der Waals surface area (Å²) in [5.41, 5.74) is 4.17. The standard InChI is InChI=1S/C18H24BrN3OS/c1-5-6-9-22-14(4)13(3)20-18(22)24-11-17(23)21-16-8-7-12(2)10-15(16)19/h7-8,10H,5-6,9,11H2,1-4H3,(H,21,23). The largest absolute Gasteiger partial charge is 0.324 e. The van der Waals surface area contributed by atoms with E-state index in [0.717, 1.165) is 46.0 Å². The summed E-state index contributed by atoms with van der Waals surface area (Å²) in [4.78, 5) is 16.9. The Morgan fingerprint density at radius 2 is 2.08 bits per heavy atom. The van der Waals surface area contributed by atoms with Crippen molar-refractivity contribution in [2.75, 3.05) is 11.1 Å². The summed E-state index contributed by atoms with van der Waals surface area (Å²) in [7, 11) is 0. The normalized spacial score (nSPS) is 10.9. The zero-order valence-electron chi connectivity index (χ0n) is 14.6. The summed E-state index contributed by atoms with van der Waals surface area (Å²) < 4.78 is 3.12. The molecule has 0 radical (unpaired) electrons. The molecule has 4 nitrogen and oxygen atoms in total. The van der Waals surface area contributed by atoms with Gasteiger partial charge in [-0.25, -0.2) is 4.98 Å². The molecule has 24 heavy (non-hydrogen) atoms.